The maximum atomic E-state index is 13.7. The van der Waals surface area contributed by atoms with E-state index >= 15 is 0 Å². The second-order valence-corrected chi connectivity index (χ2v) is 11.8. The first kappa shape index (κ1) is 30.3. The van der Waals surface area contributed by atoms with Crippen molar-refractivity contribution < 1.29 is 18.0 Å². The number of nitrogens with one attached hydrogen (secondary N) is 1. The Kier molecular flexibility index (Phi) is 11.5. The van der Waals surface area contributed by atoms with E-state index < -0.39 is 16.1 Å². The predicted molar refractivity (Wildman–Crippen MR) is 155 cm³/mol. The largest absolute Gasteiger partial charge is 0.354 e. The van der Waals surface area contributed by atoms with E-state index in [0.29, 0.717) is 24.4 Å². The minimum atomic E-state index is -3.67. The molecular formula is C30H36ClN3O4S. The Bertz CT molecular complexity index is 1320. The highest BCUT2D eigenvalue weighted by molar-refractivity contribution is 7.89. The summed E-state index contributed by atoms with van der Waals surface area (Å²) in [4.78, 5) is 28.9. The van der Waals surface area contributed by atoms with Crippen LogP contribution in [0.25, 0.3) is 0 Å². The van der Waals surface area contributed by atoms with E-state index in [4.69, 9.17) is 11.6 Å². The van der Waals surface area contributed by atoms with Crippen LogP contribution in [0.5, 0.6) is 0 Å². The third-order valence-corrected chi connectivity index (χ3v) is 8.67. The molecule has 0 fully saturated rings. The molecule has 0 aliphatic carbocycles. The van der Waals surface area contributed by atoms with Crippen molar-refractivity contribution in [2.75, 3.05) is 20.1 Å². The van der Waals surface area contributed by atoms with Gasteiger partial charge >= 0.3 is 0 Å². The summed E-state index contributed by atoms with van der Waals surface area (Å²) in [6.45, 7) is 2.79. The summed E-state index contributed by atoms with van der Waals surface area (Å²) >= 11 is 6.44. The number of nitrogens with zero attached hydrogens (tertiary/aromatic N) is 2. The van der Waals surface area contributed by atoms with Crippen molar-refractivity contribution in [3.05, 3.63) is 101 Å². The van der Waals surface area contributed by atoms with Gasteiger partial charge in [-0.05, 0) is 42.2 Å². The van der Waals surface area contributed by atoms with Crippen LogP contribution in [0, 0.1) is 0 Å². The topological polar surface area (TPSA) is 86.8 Å². The number of sulfonamides is 1. The molecule has 0 saturated heterocycles. The number of amides is 2. The number of hydrogen-bond donors (Lipinski definition) is 1. The Labute approximate surface area is 236 Å². The maximum Gasteiger partial charge on any atom is 0.243 e. The van der Waals surface area contributed by atoms with Gasteiger partial charge in [0, 0.05) is 44.5 Å². The van der Waals surface area contributed by atoms with Crippen molar-refractivity contribution in [2.45, 2.75) is 50.1 Å². The van der Waals surface area contributed by atoms with Crippen LogP contribution >= 0.6 is 11.6 Å². The number of carbonyl (C=O) groups is 2. The molecule has 0 unspecified atom stereocenters. The van der Waals surface area contributed by atoms with Gasteiger partial charge < -0.3 is 10.2 Å². The van der Waals surface area contributed by atoms with Crippen molar-refractivity contribution in [3.63, 3.8) is 0 Å². The van der Waals surface area contributed by atoms with Crippen molar-refractivity contribution in [1.29, 1.82) is 0 Å². The van der Waals surface area contributed by atoms with Gasteiger partial charge in [0.2, 0.25) is 21.8 Å². The number of halogens is 1. The van der Waals surface area contributed by atoms with E-state index in [1.807, 2.05) is 55.5 Å². The average Bonchev–Trinajstić information content (AvgIpc) is 2.95. The zero-order valence-corrected chi connectivity index (χ0v) is 24.0. The lowest BCUT2D eigenvalue weighted by Gasteiger charge is -2.32. The van der Waals surface area contributed by atoms with Gasteiger partial charge in [0.15, 0.2) is 0 Å². The van der Waals surface area contributed by atoms with E-state index in [2.05, 4.69) is 5.32 Å². The Morgan fingerprint density at radius 2 is 1.54 bits per heavy atom. The lowest BCUT2D eigenvalue weighted by Crippen LogP contribution is -2.50. The second kappa shape index (κ2) is 14.8. The SMILES string of the molecule is CCCNC(=O)[C@@H](Cc1ccccc1)N(Cc1ccccc1Cl)C(=O)CCCN(C)S(=O)(=O)c1ccccc1. The molecule has 9 heteroatoms. The lowest BCUT2D eigenvalue weighted by molar-refractivity contribution is -0.141. The third-order valence-electron chi connectivity index (χ3n) is 6.43. The molecule has 3 rings (SSSR count). The molecule has 0 bridgehead atoms. The van der Waals surface area contributed by atoms with Crippen LogP contribution in [0.2, 0.25) is 5.02 Å². The Morgan fingerprint density at radius 1 is 0.923 bits per heavy atom. The van der Waals surface area contributed by atoms with Gasteiger partial charge in [-0.3, -0.25) is 9.59 Å². The standard InChI is InChI=1S/C30H36ClN3O4S/c1-3-20-32-30(36)28(22-24-13-6-4-7-14-24)34(23-25-15-10-11-18-27(25)31)29(35)19-12-21-33(2)39(37,38)26-16-8-5-9-17-26/h4-11,13-18,28H,3,12,19-23H2,1-2H3,(H,32,36)/t28-/m1/s1. The van der Waals surface area contributed by atoms with Gasteiger partial charge in [-0.25, -0.2) is 12.7 Å². The molecule has 1 atom stereocenters. The highest BCUT2D eigenvalue weighted by Gasteiger charge is 2.30. The number of hydrogen-bond acceptors (Lipinski definition) is 4. The summed E-state index contributed by atoms with van der Waals surface area (Å²) in [5.41, 5.74) is 1.66. The van der Waals surface area contributed by atoms with E-state index in [0.717, 1.165) is 17.5 Å². The van der Waals surface area contributed by atoms with Gasteiger partial charge in [-0.15, -0.1) is 0 Å². The fourth-order valence-corrected chi connectivity index (χ4v) is 5.65. The minimum absolute atomic E-state index is 0.0749. The quantitative estimate of drug-likeness (QED) is 0.299. The summed E-state index contributed by atoms with van der Waals surface area (Å²) in [7, 11) is -2.16. The first-order valence-electron chi connectivity index (χ1n) is 13.1. The van der Waals surface area contributed by atoms with E-state index in [1.54, 1.807) is 41.3 Å². The van der Waals surface area contributed by atoms with Gasteiger partial charge in [0.05, 0.1) is 4.90 Å². The number of carbonyl (C=O) groups excluding carboxylic acids is 2. The molecule has 3 aromatic carbocycles. The summed E-state index contributed by atoms with van der Waals surface area (Å²) in [6, 6.07) is 24.3. The predicted octanol–water partition coefficient (Wildman–Crippen LogP) is 4.91. The lowest BCUT2D eigenvalue weighted by atomic mass is 10.0. The van der Waals surface area contributed by atoms with Crippen LogP contribution in [0.4, 0.5) is 0 Å². The third kappa shape index (κ3) is 8.65. The normalized spacial score (nSPS) is 12.2. The van der Waals surface area contributed by atoms with E-state index in [1.165, 1.54) is 11.4 Å². The Morgan fingerprint density at radius 3 is 2.18 bits per heavy atom. The first-order valence-corrected chi connectivity index (χ1v) is 14.9. The highest BCUT2D eigenvalue weighted by atomic mass is 35.5. The summed E-state index contributed by atoms with van der Waals surface area (Å²) < 4.78 is 27.0. The molecule has 7 nitrogen and oxygen atoms in total. The van der Waals surface area contributed by atoms with Crippen LogP contribution in [0.15, 0.2) is 89.8 Å². The number of benzene rings is 3. The highest BCUT2D eigenvalue weighted by Crippen LogP contribution is 2.22. The smallest absolute Gasteiger partial charge is 0.243 e. The van der Waals surface area contributed by atoms with Crippen LogP contribution in [0.3, 0.4) is 0 Å². The molecule has 3 aromatic rings. The molecule has 0 aliphatic rings. The fraction of sp³-hybridized carbons (Fsp3) is 0.333. The first-order chi connectivity index (χ1) is 18.7. The molecule has 1 N–H and O–H groups in total. The summed E-state index contributed by atoms with van der Waals surface area (Å²) in [5, 5.41) is 3.46. The fourth-order valence-electron chi connectivity index (χ4n) is 4.22. The second-order valence-electron chi connectivity index (χ2n) is 9.35. The molecule has 39 heavy (non-hydrogen) atoms. The van der Waals surface area contributed by atoms with Crippen molar-refractivity contribution >= 4 is 33.4 Å². The molecule has 0 spiro atoms. The summed E-state index contributed by atoms with van der Waals surface area (Å²) in [5.74, 6) is -0.474. The molecule has 2 amide bonds. The summed E-state index contributed by atoms with van der Waals surface area (Å²) in [6.07, 6.45) is 1.49. The van der Waals surface area contributed by atoms with Crippen LogP contribution in [-0.2, 0) is 32.6 Å². The molecular weight excluding hydrogens is 534 g/mol. The zero-order chi connectivity index (χ0) is 28.3. The van der Waals surface area contributed by atoms with Gasteiger partial charge in [-0.2, -0.15) is 0 Å². The van der Waals surface area contributed by atoms with Gasteiger partial charge in [0.25, 0.3) is 0 Å². The molecule has 0 heterocycles. The molecule has 0 aliphatic heterocycles. The zero-order valence-electron chi connectivity index (χ0n) is 22.4. The monoisotopic (exact) mass is 569 g/mol. The van der Waals surface area contributed by atoms with Crippen molar-refractivity contribution in [3.8, 4) is 0 Å². The molecule has 208 valence electrons. The van der Waals surface area contributed by atoms with Crippen LogP contribution < -0.4 is 5.32 Å². The minimum Gasteiger partial charge on any atom is -0.354 e. The maximum absolute atomic E-state index is 13.7. The van der Waals surface area contributed by atoms with Crippen molar-refractivity contribution in [1.82, 2.24) is 14.5 Å². The van der Waals surface area contributed by atoms with Crippen LogP contribution in [-0.4, -0.2) is 55.6 Å². The van der Waals surface area contributed by atoms with E-state index in [9.17, 15) is 18.0 Å². The van der Waals surface area contributed by atoms with Gasteiger partial charge in [0.1, 0.15) is 6.04 Å². The average molecular weight is 570 g/mol. The molecule has 0 saturated carbocycles. The van der Waals surface area contributed by atoms with Crippen molar-refractivity contribution in [2.24, 2.45) is 0 Å². The number of rotatable bonds is 14. The van der Waals surface area contributed by atoms with E-state index in [-0.39, 0.29) is 36.2 Å². The Balaban J connectivity index is 1.82. The van der Waals surface area contributed by atoms with Gasteiger partial charge in [-0.1, -0.05) is 85.3 Å². The van der Waals surface area contributed by atoms with Crippen LogP contribution in [0.1, 0.15) is 37.3 Å². The Hall–Kier alpha value is -3.20. The molecule has 0 radical (unpaired) electrons. The molecule has 0 aromatic heterocycles.